The van der Waals surface area contributed by atoms with Crippen LogP contribution in [0.1, 0.15) is 38.8 Å². The number of rotatable bonds is 2. The maximum atomic E-state index is 14.7. The zero-order valence-electron chi connectivity index (χ0n) is 12.6. The maximum Gasteiger partial charge on any atom is 0.408 e. The molecule has 0 aliphatic heterocycles. The average Bonchev–Trinajstić information content (AvgIpc) is 3.05. The fourth-order valence-electron chi connectivity index (χ4n) is 3.05. The molecule has 0 aromatic carbocycles. The molecule has 2 aromatic rings. The SMILES string of the molecule is CC(C)(C)[C@H]1C[C@@H]1c1ncc2cnn(CC(F)(F)F)c2c1F. The Balaban J connectivity index is 2.01. The lowest BCUT2D eigenvalue weighted by atomic mass is 9.88. The Morgan fingerprint density at radius 3 is 2.45 bits per heavy atom. The molecule has 3 rings (SSSR count). The monoisotopic (exact) mass is 315 g/mol. The van der Waals surface area contributed by atoms with Gasteiger partial charge in [0, 0.05) is 17.5 Å². The number of halogens is 4. The summed E-state index contributed by atoms with van der Waals surface area (Å²) in [5, 5.41) is 3.94. The fourth-order valence-corrected chi connectivity index (χ4v) is 3.05. The molecule has 0 radical (unpaired) electrons. The molecule has 1 saturated carbocycles. The maximum absolute atomic E-state index is 14.7. The lowest BCUT2D eigenvalue weighted by molar-refractivity contribution is -0.141. The van der Waals surface area contributed by atoms with Crippen molar-refractivity contribution in [2.45, 2.75) is 45.8 Å². The van der Waals surface area contributed by atoms with Crippen molar-refractivity contribution in [1.29, 1.82) is 0 Å². The molecular formula is C15H17F4N3. The number of pyridine rings is 1. The second-order valence-corrected chi connectivity index (χ2v) is 6.99. The van der Waals surface area contributed by atoms with Crippen LogP contribution >= 0.6 is 0 Å². The summed E-state index contributed by atoms with van der Waals surface area (Å²) in [4.78, 5) is 4.13. The van der Waals surface area contributed by atoms with E-state index in [2.05, 4.69) is 30.9 Å². The summed E-state index contributed by atoms with van der Waals surface area (Å²) in [5.74, 6) is -0.402. The van der Waals surface area contributed by atoms with Crippen LogP contribution in [0.25, 0.3) is 10.9 Å². The first-order chi connectivity index (χ1) is 10.1. The quantitative estimate of drug-likeness (QED) is 0.774. The lowest BCUT2D eigenvalue weighted by Gasteiger charge is -2.18. The molecule has 2 heterocycles. The molecule has 1 aliphatic rings. The number of aromatic nitrogens is 3. The van der Waals surface area contributed by atoms with E-state index in [4.69, 9.17) is 0 Å². The van der Waals surface area contributed by atoms with Gasteiger partial charge in [0.1, 0.15) is 12.1 Å². The molecule has 0 saturated heterocycles. The number of hydrogen-bond donors (Lipinski definition) is 0. The minimum Gasteiger partial charge on any atom is -0.257 e. The standard InChI is InChI=1S/C15H17F4N3/c1-14(2,3)10-4-9(10)12-11(16)13-8(5-20-12)6-21-22(13)7-15(17,18)19/h5-6,9-10H,4,7H2,1-3H3/t9-,10-/m0/s1. The highest BCUT2D eigenvalue weighted by molar-refractivity contribution is 5.79. The summed E-state index contributed by atoms with van der Waals surface area (Å²) in [6, 6.07) is 0. The molecule has 7 heteroatoms. The highest BCUT2D eigenvalue weighted by Gasteiger charge is 2.48. The van der Waals surface area contributed by atoms with E-state index in [-0.39, 0.29) is 22.5 Å². The molecule has 0 N–H and O–H groups in total. The molecule has 0 unspecified atom stereocenters. The van der Waals surface area contributed by atoms with Gasteiger partial charge in [-0.05, 0) is 17.8 Å². The molecule has 120 valence electrons. The minimum atomic E-state index is -4.44. The van der Waals surface area contributed by atoms with Gasteiger partial charge in [-0.15, -0.1) is 0 Å². The Hall–Kier alpha value is -1.66. The molecule has 2 aromatic heterocycles. The second kappa shape index (κ2) is 4.67. The van der Waals surface area contributed by atoms with E-state index in [1.165, 1.54) is 12.4 Å². The van der Waals surface area contributed by atoms with Gasteiger partial charge in [-0.1, -0.05) is 20.8 Å². The van der Waals surface area contributed by atoms with Crippen LogP contribution in [-0.4, -0.2) is 20.9 Å². The van der Waals surface area contributed by atoms with Crippen molar-refractivity contribution in [3.8, 4) is 0 Å². The first-order valence-electron chi connectivity index (χ1n) is 7.14. The normalized spacial score (nSPS) is 22.3. The van der Waals surface area contributed by atoms with Crippen LogP contribution in [0.2, 0.25) is 0 Å². The fraction of sp³-hybridized carbons (Fsp3) is 0.600. The summed E-state index contributed by atoms with van der Waals surface area (Å²) < 4.78 is 53.1. The predicted octanol–water partition coefficient (Wildman–Crippen LogP) is 4.28. The molecule has 0 amide bonds. The van der Waals surface area contributed by atoms with E-state index in [0.717, 1.165) is 6.42 Å². The molecule has 1 aliphatic carbocycles. The van der Waals surface area contributed by atoms with Crippen molar-refractivity contribution >= 4 is 10.9 Å². The molecule has 22 heavy (non-hydrogen) atoms. The molecule has 1 fully saturated rings. The third kappa shape index (κ3) is 2.68. The van der Waals surface area contributed by atoms with Gasteiger partial charge in [-0.2, -0.15) is 18.3 Å². The van der Waals surface area contributed by atoms with Gasteiger partial charge >= 0.3 is 6.18 Å². The van der Waals surface area contributed by atoms with Gasteiger partial charge in [0.15, 0.2) is 5.82 Å². The number of alkyl halides is 3. The molecule has 0 spiro atoms. The van der Waals surface area contributed by atoms with Crippen molar-refractivity contribution in [2.24, 2.45) is 11.3 Å². The van der Waals surface area contributed by atoms with Crippen LogP contribution in [0.15, 0.2) is 12.4 Å². The number of hydrogen-bond acceptors (Lipinski definition) is 2. The Morgan fingerprint density at radius 1 is 1.23 bits per heavy atom. The highest BCUT2D eigenvalue weighted by Crippen LogP contribution is 2.56. The van der Waals surface area contributed by atoms with Crippen LogP contribution in [0, 0.1) is 17.2 Å². The van der Waals surface area contributed by atoms with E-state index >= 15 is 0 Å². The Labute approximate surface area is 125 Å². The van der Waals surface area contributed by atoms with Crippen LogP contribution < -0.4 is 0 Å². The third-order valence-electron chi connectivity index (χ3n) is 4.23. The summed E-state index contributed by atoms with van der Waals surface area (Å²) >= 11 is 0. The molecule has 3 nitrogen and oxygen atoms in total. The average molecular weight is 315 g/mol. The third-order valence-corrected chi connectivity index (χ3v) is 4.23. The van der Waals surface area contributed by atoms with E-state index in [1.807, 2.05) is 0 Å². The van der Waals surface area contributed by atoms with Gasteiger partial charge in [0.05, 0.1) is 11.9 Å². The zero-order chi connectivity index (χ0) is 16.3. The van der Waals surface area contributed by atoms with Crippen molar-refractivity contribution in [2.75, 3.05) is 0 Å². The minimum absolute atomic E-state index is 0.0277. The van der Waals surface area contributed by atoms with Gasteiger partial charge in [0.2, 0.25) is 0 Å². The Morgan fingerprint density at radius 2 is 1.91 bits per heavy atom. The molecule has 2 atom stereocenters. The molecular weight excluding hydrogens is 298 g/mol. The van der Waals surface area contributed by atoms with Crippen LogP contribution in [0.4, 0.5) is 17.6 Å². The number of nitrogens with zero attached hydrogens (tertiary/aromatic N) is 3. The van der Waals surface area contributed by atoms with Crippen LogP contribution in [0.3, 0.4) is 0 Å². The summed E-state index contributed by atoms with van der Waals surface area (Å²) in [5.41, 5.74) is 0.179. The first-order valence-corrected chi connectivity index (χ1v) is 7.14. The Bertz CT molecular complexity index is 712. The van der Waals surface area contributed by atoms with Crippen molar-refractivity contribution in [1.82, 2.24) is 14.8 Å². The summed E-state index contributed by atoms with van der Waals surface area (Å²) in [7, 11) is 0. The first kappa shape index (κ1) is 15.2. The largest absolute Gasteiger partial charge is 0.408 e. The van der Waals surface area contributed by atoms with Crippen molar-refractivity contribution < 1.29 is 17.6 Å². The van der Waals surface area contributed by atoms with E-state index in [1.54, 1.807) is 0 Å². The smallest absolute Gasteiger partial charge is 0.257 e. The van der Waals surface area contributed by atoms with E-state index < -0.39 is 18.5 Å². The van der Waals surface area contributed by atoms with Gasteiger partial charge in [-0.25, -0.2) is 4.39 Å². The van der Waals surface area contributed by atoms with Crippen molar-refractivity contribution in [3.05, 3.63) is 23.9 Å². The van der Waals surface area contributed by atoms with Crippen LogP contribution in [-0.2, 0) is 6.54 Å². The van der Waals surface area contributed by atoms with Crippen LogP contribution in [0.5, 0.6) is 0 Å². The van der Waals surface area contributed by atoms with Gasteiger partial charge < -0.3 is 0 Å². The summed E-state index contributed by atoms with van der Waals surface area (Å²) in [6.07, 6.45) is -1.00. The topological polar surface area (TPSA) is 30.7 Å². The van der Waals surface area contributed by atoms with E-state index in [9.17, 15) is 17.6 Å². The van der Waals surface area contributed by atoms with E-state index in [0.29, 0.717) is 16.0 Å². The predicted molar refractivity (Wildman–Crippen MR) is 73.8 cm³/mol. The van der Waals surface area contributed by atoms with Gasteiger partial charge in [0.25, 0.3) is 0 Å². The van der Waals surface area contributed by atoms with Crippen molar-refractivity contribution in [3.63, 3.8) is 0 Å². The zero-order valence-corrected chi connectivity index (χ0v) is 12.6. The van der Waals surface area contributed by atoms with Gasteiger partial charge in [-0.3, -0.25) is 9.67 Å². The summed E-state index contributed by atoms with van der Waals surface area (Å²) in [6.45, 7) is 4.91. The second-order valence-electron chi connectivity index (χ2n) is 6.99. The Kier molecular flexibility index (Phi) is 3.23. The lowest BCUT2D eigenvalue weighted by Crippen LogP contribution is -2.19. The number of fused-ring (bicyclic) bond motifs is 1. The molecule has 0 bridgehead atoms. The highest BCUT2D eigenvalue weighted by atomic mass is 19.4.